The lowest BCUT2D eigenvalue weighted by Crippen LogP contribution is -2.13. The first-order valence-corrected chi connectivity index (χ1v) is 13.1. The molecule has 3 heterocycles. The van der Waals surface area contributed by atoms with Gasteiger partial charge in [-0.25, -0.2) is 17.5 Å². The highest BCUT2D eigenvalue weighted by molar-refractivity contribution is 7.89. The molecule has 0 spiro atoms. The molecule has 5 rings (SSSR count). The monoisotopic (exact) mass is 483 g/mol. The summed E-state index contributed by atoms with van der Waals surface area (Å²) in [5, 5.41) is 10.4. The first kappa shape index (κ1) is 23.0. The lowest BCUT2D eigenvalue weighted by Gasteiger charge is -2.22. The Hall–Kier alpha value is -2.78. The Morgan fingerprint density at radius 1 is 1.12 bits per heavy atom. The van der Waals surface area contributed by atoms with Crippen LogP contribution in [0.2, 0.25) is 0 Å². The highest BCUT2D eigenvalue weighted by atomic mass is 32.2. The number of sulfonamides is 1. The smallest absolute Gasteiger partial charge is 0.241 e. The van der Waals surface area contributed by atoms with Crippen molar-refractivity contribution in [2.45, 2.75) is 75.6 Å². The minimum absolute atomic E-state index is 0.00496. The van der Waals surface area contributed by atoms with Crippen molar-refractivity contribution in [1.82, 2.24) is 19.9 Å². The van der Waals surface area contributed by atoms with Gasteiger partial charge in [-0.05, 0) is 61.4 Å². The standard InChI is InChI=1S/C25H30FN5O2S/c1-14-9-17(25(2,3)4)11-20(28-14)15-5-6-16(10-15)21-12-23(31-30-21)29-19-7-8-22-18(24(19)26)13-27-34(22,32)33/h7-9,11-12,15-16,27H,5-6,10,13H2,1-4H3,(H2,29,30,31). The number of anilines is 2. The molecule has 7 nitrogen and oxygen atoms in total. The Balaban J connectivity index is 1.31. The molecular formula is C25H30FN5O2S. The Bertz CT molecular complexity index is 1360. The number of aromatic nitrogens is 3. The molecule has 1 fully saturated rings. The number of aryl methyl sites for hydroxylation is 1. The van der Waals surface area contributed by atoms with E-state index in [9.17, 15) is 12.8 Å². The zero-order chi connectivity index (χ0) is 24.3. The Labute approximate surface area is 199 Å². The van der Waals surface area contributed by atoms with Crippen LogP contribution in [-0.2, 0) is 22.0 Å². The van der Waals surface area contributed by atoms with Crippen LogP contribution in [0.15, 0.2) is 35.2 Å². The second-order valence-corrected chi connectivity index (χ2v) is 12.2. The lowest BCUT2D eigenvalue weighted by molar-refractivity contribution is 0.581. The predicted octanol–water partition coefficient (Wildman–Crippen LogP) is 5.14. The van der Waals surface area contributed by atoms with Crippen molar-refractivity contribution in [2.75, 3.05) is 5.32 Å². The van der Waals surface area contributed by atoms with E-state index in [0.717, 1.165) is 36.3 Å². The first-order valence-electron chi connectivity index (χ1n) is 11.6. The maximum atomic E-state index is 14.9. The number of pyridine rings is 1. The summed E-state index contributed by atoms with van der Waals surface area (Å²) in [5.74, 6) is 0.661. The van der Waals surface area contributed by atoms with Gasteiger partial charge in [0.25, 0.3) is 0 Å². The maximum absolute atomic E-state index is 14.9. The van der Waals surface area contributed by atoms with E-state index in [1.807, 2.05) is 6.07 Å². The first-order chi connectivity index (χ1) is 16.0. The van der Waals surface area contributed by atoms with Crippen LogP contribution in [0.5, 0.6) is 0 Å². The fourth-order valence-electron chi connectivity index (χ4n) is 4.98. The third-order valence-corrected chi connectivity index (χ3v) is 8.40. The summed E-state index contributed by atoms with van der Waals surface area (Å²) in [6.07, 6.45) is 3.08. The number of H-pyrrole nitrogens is 1. The molecular weight excluding hydrogens is 453 g/mol. The van der Waals surface area contributed by atoms with Gasteiger partial charge < -0.3 is 5.32 Å². The van der Waals surface area contributed by atoms with Gasteiger partial charge >= 0.3 is 0 Å². The summed E-state index contributed by atoms with van der Waals surface area (Å²) >= 11 is 0. The Kier molecular flexibility index (Phi) is 5.52. The van der Waals surface area contributed by atoms with E-state index in [0.29, 0.717) is 17.7 Å². The van der Waals surface area contributed by atoms with E-state index in [2.05, 4.69) is 60.1 Å². The van der Waals surface area contributed by atoms with E-state index in [4.69, 9.17) is 4.98 Å². The molecule has 2 unspecified atom stereocenters. The zero-order valence-electron chi connectivity index (χ0n) is 19.9. The molecule has 2 atom stereocenters. The summed E-state index contributed by atoms with van der Waals surface area (Å²) in [6.45, 7) is 8.68. The van der Waals surface area contributed by atoms with Crippen molar-refractivity contribution in [3.05, 3.63) is 64.4 Å². The number of benzene rings is 1. The summed E-state index contributed by atoms with van der Waals surface area (Å²) in [6, 6.07) is 9.21. The highest BCUT2D eigenvalue weighted by Crippen LogP contribution is 2.44. The van der Waals surface area contributed by atoms with Crippen LogP contribution in [0, 0.1) is 12.7 Å². The average molecular weight is 484 g/mol. The van der Waals surface area contributed by atoms with Gasteiger partial charge in [-0.2, -0.15) is 5.10 Å². The fraction of sp³-hybridized carbons (Fsp3) is 0.440. The topological polar surface area (TPSA) is 99.8 Å². The van der Waals surface area contributed by atoms with Gasteiger partial charge in [0, 0.05) is 47.1 Å². The number of halogens is 1. The van der Waals surface area contributed by atoms with Crippen LogP contribution >= 0.6 is 0 Å². The van der Waals surface area contributed by atoms with Crippen molar-refractivity contribution >= 4 is 21.5 Å². The van der Waals surface area contributed by atoms with Crippen molar-refractivity contribution in [1.29, 1.82) is 0 Å². The number of rotatable bonds is 4. The SMILES string of the molecule is Cc1cc(C(C)(C)C)cc(C2CCC(c3cc(Nc4ccc5c(c4F)CNS5(=O)=O)n[nH]3)C2)n1. The summed E-state index contributed by atoms with van der Waals surface area (Å²) in [5.41, 5.74) is 4.98. The van der Waals surface area contributed by atoms with Crippen LogP contribution in [0.4, 0.5) is 15.9 Å². The predicted molar refractivity (Wildman–Crippen MR) is 129 cm³/mol. The van der Waals surface area contributed by atoms with Gasteiger partial charge in [-0.15, -0.1) is 0 Å². The van der Waals surface area contributed by atoms with Crippen molar-refractivity contribution in [3.63, 3.8) is 0 Å². The molecule has 1 aliphatic heterocycles. The van der Waals surface area contributed by atoms with Gasteiger partial charge in [0.05, 0.1) is 10.6 Å². The van der Waals surface area contributed by atoms with Gasteiger partial charge in [0.15, 0.2) is 11.6 Å². The summed E-state index contributed by atoms with van der Waals surface area (Å²) < 4.78 is 41.1. The third kappa shape index (κ3) is 4.22. The number of aromatic amines is 1. The van der Waals surface area contributed by atoms with Crippen molar-refractivity contribution < 1.29 is 12.8 Å². The Morgan fingerprint density at radius 3 is 2.65 bits per heavy atom. The van der Waals surface area contributed by atoms with Crippen LogP contribution in [0.25, 0.3) is 0 Å². The van der Waals surface area contributed by atoms with Crippen LogP contribution in [-0.4, -0.2) is 23.6 Å². The fourth-order valence-corrected chi connectivity index (χ4v) is 6.20. The largest absolute Gasteiger partial charge is 0.336 e. The Morgan fingerprint density at radius 2 is 1.88 bits per heavy atom. The molecule has 1 saturated carbocycles. The zero-order valence-corrected chi connectivity index (χ0v) is 20.7. The summed E-state index contributed by atoms with van der Waals surface area (Å²) in [7, 11) is -3.61. The molecule has 34 heavy (non-hydrogen) atoms. The molecule has 1 aromatic carbocycles. The molecule has 3 aromatic rings. The number of nitrogens with one attached hydrogen (secondary N) is 3. The van der Waals surface area contributed by atoms with Crippen LogP contribution < -0.4 is 10.0 Å². The van der Waals surface area contributed by atoms with Gasteiger partial charge in [0.2, 0.25) is 10.0 Å². The van der Waals surface area contributed by atoms with Gasteiger partial charge in [-0.3, -0.25) is 10.1 Å². The maximum Gasteiger partial charge on any atom is 0.241 e. The van der Waals surface area contributed by atoms with Crippen LogP contribution in [0.1, 0.15) is 80.1 Å². The van der Waals surface area contributed by atoms with E-state index in [-0.39, 0.29) is 28.1 Å². The molecule has 1 aliphatic carbocycles. The molecule has 0 radical (unpaired) electrons. The van der Waals surface area contributed by atoms with Crippen molar-refractivity contribution in [2.24, 2.45) is 0 Å². The van der Waals surface area contributed by atoms with Gasteiger partial charge in [-0.1, -0.05) is 20.8 Å². The highest BCUT2D eigenvalue weighted by Gasteiger charge is 2.31. The lowest BCUT2D eigenvalue weighted by atomic mass is 9.85. The summed E-state index contributed by atoms with van der Waals surface area (Å²) in [4.78, 5) is 4.83. The second-order valence-electron chi connectivity index (χ2n) is 10.4. The van der Waals surface area contributed by atoms with E-state index in [1.165, 1.54) is 17.7 Å². The number of hydrogen-bond donors (Lipinski definition) is 3. The molecule has 3 N–H and O–H groups in total. The normalized spacial score (nSPS) is 21.6. The minimum atomic E-state index is -3.61. The molecule has 2 aromatic heterocycles. The van der Waals surface area contributed by atoms with E-state index >= 15 is 0 Å². The quantitative estimate of drug-likeness (QED) is 0.477. The van der Waals surface area contributed by atoms with E-state index < -0.39 is 15.8 Å². The van der Waals surface area contributed by atoms with E-state index in [1.54, 1.807) is 0 Å². The molecule has 0 saturated heterocycles. The molecule has 180 valence electrons. The molecule has 2 aliphatic rings. The average Bonchev–Trinajstić information content (AvgIpc) is 3.48. The number of hydrogen-bond acceptors (Lipinski definition) is 5. The second kappa shape index (κ2) is 8.16. The third-order valence-electron chi connectivity index (χ3n) is 6.92. The van der Waals surface area contributed by atoms with Crippen LogP contribution in [0.3, 0.4) is 0 Å². The number of nitrogens with zero attached hydrogens (tertiary/aromatic N) is 2. The number of fused-ring (bicyclic) bond motifs is 1. The minimum Gasteiger partial charge on any atom is -0.336 e. The molecule has 9 heteroatoms. The van der Waals surface area contributed by atoms with Crippen molar-refractivity contribution in [3.8, 4) is 0 Å². The molecule has 0 amide bonds. The van der Waals surface area contributed by atoms with Gasteiger partial charge in [0.1, 0.15) is 0 Å². The molecule has 0 bridgehead atoms.